The predicted octanol–water partition coefficient (Wildman–Crippen LogP) is 3.22. The van der Waals surface area contributed by atoms with Crippen LogP contribution in [-0.4, -0.2) is 34.8 Å². The van der Waals surface area contributed by atoms with Crippen LogP contribution in [0, 0.1) is 0 Å². The van der Waals surface area contributed by atoms with Gasteiger partial charge in [-0.25, -0.2) is 0 Å². The number of nitrogens with two attached hydrogens (primary N) is 1. The van der Waals surface area contributed by atoms with Gasteiger partial charge in [0.1, 0.15) is 12.3 Å². The number of aromatic nitrogens is 1. The average Bonchev–Trinajstić information content (AvgIpc) is 2.77. The summed E-state index contributed by atoms with van der Waals surface area (Å²) in [6.07, 6.45) is 3.80. The van der Waals surface area contributed by atoms with Crippen LogP contribution in [0.25, 0.3) is 0 Å². The molecule has 1 aliphatic heterocycles. The minimum Gasteiger partial charge on any atom is -0.487 e. The molecule has 0 bridgehead atoms. The maximum atomic E-state index is 12.7. The Morgan fingerprint density at radius 2 is 1.87 bits per heavy atom. The fourth-order valence-corrected chi connectivity index (χ4v) is 3.15. The van der Waals surface area contributed by atoms with Crippen LogP contribution in [-0.2, 0) is 13.1 Å². The minimum atomic E-state index is -2.24. The largest absolute Gasteiger partial charge is 0.487 e. The van der Waals surface area contributed by atoms with E-state index in [-0.39, 0.29) is 22.8 Å². The molecule has 7 heteroatoms. The minimum absolute atomic E-state index is 0.0593. The predicted molar refractivity (Wildman–Crippen MR) is 118 cm³/mol. The van der Waals surface area contributed by atoms with Gasteiger partial charge in [-0.1, -0.05) is 24.3 Å². The molecule has 0 atom stereocenters. The summed E-state index contributed by atoms with van der Waals surface area (Å²) in [5.41, 5.74) is 7.65. The highest BCUT2D eigenvalue weighted by Crippen LogP contribution is 2.17. The quantitative estimate of drug-likeness (QED) is 0.585. The third-order valence-electron chi connectivity index (χ3n) is 4.98. The Hall–Kier alpha value is -3.71. The summed E-state index contributed by atoms with van der Waals surface area (Å²) in [7, 11) is 0. The van der Waals surface area contributed by atoms with Crippen LogP contribution in [0.3, 0.4) is 0 Å². The van der Waals surface area contributed by atoms with E-state index in [0.717, 1.165) is 25.2 Å². The number of ether oxygens (including phenoxy) is 1. The van der Waals surface area contributed by atoms with Crippen molar-refractivity contribution in [2.24, 2.45) is 5.73 Å². The molecule has 4 rings (SSSR count). The number of hydrogen-bond acceptors (Lipinski definition) is 5. The van der Waals surface area contributed by atoms with E-state index in [4.69, 9.17) is 13.2 Å². The van der Waals surface area contributed by atoms with E-state index < -0.39 is 12.5 Å². The van der Waals surface area contributed by atoms with Crippen LogP contribution >= 0.6 is 0 Å². The van der Waals surface area contributed by atoms with Crippen molar-refractivity contribution in [3.8, 4) is 5.75 Å². The van der Waals surface area contributed by atoms with Crippen molar-refractivity contribution in [2.45, 2.75) is 19.5 Å². The maximum absolute atomic E-state index is 12.7. The summed E-state index contributed by atoms with van der Waals surface area (Å²) in [5.74, 6) is -0.918. The fourth-order valence-electron chi connectivity index (χ4n) is 3.15. The van der Waals surface area contributed by atoms with Gasteiger partial charge in [-0.05, 0) is 61.0 Å². The van der Waals surface area contributed by atoms with Gasteiger partial charge in [0.2, 0.25) is 5.91 Å². The summed E-state index contributed by atoms with van der Waals surface area (Å²) in [5, 5.41) is 2.80. The molecule has 0 unspecified atom stereocenters. The number of hydrogen-bond donors (Lipinski definition) is 2. The van der Waals surface area contributed by atoms with Crippen molar-refractivity contribution in [1.82, 2.24) is 9.88 Å². The molecule has 2 heterocycles. The number of carbonyl (C=O) groups is 2. The molecule has 1 aromatic heterocycles. The van der Waals surface area contributed by atoms with Crippen LogP contribution in [0.2, 0.25) is 0 Å². The lowest BCUT2D eigenvalue weighted by atomic mass is 10.1. The fraction of sp³-hybridized carbons (Fsp3) is 0.208. The Morgan fingerprint density at radius 3 is 2.58 bits per heavy atom. The molecule has 31 heavy (non-hydrogen) atoms. The van der Waals surface area contributed by atoms with Gasteiger partial charge >= 0.3 is 0 Å². The number of primary amides is 1. The van der Waals surface area contributed by atoms with E-state index in [1.165, 1.54) is 30.9 Å². The Balaban J connectivity index is 1.43. The zero-order valence-electron chi connectivity index (χ0n) is 18.9. The highest BCUT2D eigenvalue weighted by molar-refractivity contribution is 6.04. The van der Waals surface area contributed by atoms with E-state index in [0.29, 0.717) is 11.3 Å². The second kappa shape index (κ2) is 9.40. The Morgan fingerprint density at radius 1 is 1.06 bits per heavy atom. The lowest BCUT2D eigenvalue weighted by molar-refractivity contribution is 0.0997. The van der Waals surface area contributed by atoms with Crippen molar-refractivity contribution in [2.75, 3.05) is 18.4 Å². The van der Waals surface area contributed by atoms with Crippen LogP contribution in [0.5, 0.6) is 5.75 Å². The van der Waals surface area contributed by atoms with Crippen molar-refractivity contribution < 1.29 is 17.1 Å². The molecule has 158 valence electrons. The van der Waals surface area contributed by atoms with Crippen molar-refractivity contribution >= 4 is 17.5 Å². The molecule has 0 spiro atoms. The van der Waals surface area contributed by atoms with Gasteiger partial charge in [-0.15, -0.1) is 0 Å². The highest BCUT2D eigenvalue weighted by atomic mass is 16.5. The van der Waals surface area contributed by atoms with E-state index in [1.807, 2.05) is 12.1 Å². The van der Waals surface area contributed by atoms with E-state index in [9.17, 15) is 9.59 Å². The van der Waals surface area contributed by atoms with Gasteiger partial charge < -0.3 is 15.8 Å². The van der Waals surface area contributed by atoms with Gasteiger partial charge in [0.15, 0.2) is 0 Å². The van der Waals surface area contributed by atoms with Crippen molar-refractivity contribution in [1.29, 1.82) is 0 Å². The maximum Gasteiger partial charge on any atom is 0.255 e. The topological polar surface area (TPSA) is 97.5 Å². The summed E-state index contributed by atoms with van der Waals surface area (Å²) < 4.78 is 22.0. The lowest BCUT2D eigenvalue weighted by Crippen LogP contribution is -2.36. The molecule has 2 aromatic carbocycles. The van der Waals surface area contributed by atoms with E-state index in [1.54, 1.807) is 30.3 Å². The number of anilines is 1. The van der Waals surface area contributed by atoms with Crippen LogP contribution in [0.4, 0.5) is 5.69 Å². The van der Waals surface area contributed by atoms with Crippen LogP contribution < -0.4 is 15.8 Å². The number of carbonyl (C=O) groups excluding carboxylic acids is 2. The van der Waals surface area contributed by atoms with Gasteiger partial charge in [-0.2, -0.15) is 0 Å². The lowest BCUT2D eigenvalue weighted by Gasteiger charge is -2.30. The second-order valence-corrected chi connectivity index (χ2v) is 7.34. The first kappa shape index (κ1) is 18.1. The van der Waals surface area contributed by atoms with Gasteiger partial charge in [0, 0.05) is 24.0 Å². The second-order valence-electron chi connectivity index (χ2n) is 7.34. The standard InChI is InChI=1S/C24H24N4O3/c25-23(29)20-12-22(14-26-13-20)31-16-18-3-1-4-21(11-18)27-24(30)19-7-5-17(6-8-19)15-28-9-2-10-28/h1,3-8,11-14H,2,9-10,15-16H2,(H2,25,29)(H,27,30)/i16D2. The third kappa shape index (κ3) is 5.46. The van der Waals surface area contributed by atoms with Crippen molar-refractivity contribution in [3.05, 3.63) is 89.2 Å². The van der Waals surface area contributed by atoms with Crippen LogP contribution in [0.1, 0.15) is 41.0 Å². The van der Waals surface area contributed by atoms with Gasteiger partial charge in [0.25, 0.3) is 5.91 Å². The SMILES string of the molecule is [2H]C([2H])(Oc1cncc(C(N)=O)c1)c1cccc(NC(=O)c2ccc(CN3CCC3)cc2)c1. The molecule has 0 radical (unpaired) electrons. The third-order valence-corrected chi connectivity index (χ3v) is 4.98. The smallest absolute Gasteiger partial charge is 0.255 e. The normalized spacial score (nSPS) is 14.7. The molecule has 7 nitrogen and oxygen atoms in total. The number of rotatable bonds is 8. The number of nitrogens with one attached hydrogen (secondary N) is 1. The monoisotopic (exact) mass is 418 g/mol. The summed E-state index contributed by atoms with van der Waals surface area (Å²) >= 11 is 0. The first-order valence-corrected chi connectivity index (χ1v) is 9.97. The van der Waals surface area contributed by atoms with Gasteiger partial charge in [0.05, 0.1) is 14.5 Å². The Bertz CT molecular complexity index is 1160. The summed E-state index contributed by atoms with van der Waals surface area (Å²) in [6.45, 7) is 0.875. The number of pyridine rings is 1. The number of likely N-dealkylation sites (tertiary alicyclic amines) is 1. The Labute approximate surface area is 183 Å². The number of nitrogens with zero attached hydrogens (tertiary/aromatic N) is 2. The molecular weight excluding hydrogens is 392 g/mol. The molecule has 1 saturated heterocycles. The first-order valence-electron chi connectivity index (χ1n) is 11.0. The van der Waals surface area contributed by atoms with E-state index in [2.05, 4.69) is 15.2 Å². The summed E-state index contributed by atoms with van der Waals surface area (Å²) in [4.78, 5) is 30.2. The summed E-state index contributed by atoms with van der Waals surface area (Å²) in [6, 6.07) is 15.1. The zero-order valence-corrected chi connectivity index (χ0v) is 16.9. The van der Waals surface area contributed by atoms with Crippen molar-refractivity contribution in [3.63, 3.8) is 0 Å². The zero-order chi connectivity index (χ0) is 23.4. The molecular formula is C24H24N4O3. The van der Waals surface area contributed by atoms with Gasteiger partial charge in [-0.3, -0.25) is 19.5 Å². The highest BCUT2D eigenvalue weighted by Gasteiger charge is 2.14. The molecule has 3 aromatic rings. The molecule has 1 fully saturated rings. The first-order chi connectivity index (χ1) is 15.8. The molecule has 2 amide bonds. The molecule has 0 saturated carbocycles. The number of benzene rings is 2. The van der Waals surface area contributed by atoms with E-state index >= 15 is 0 Å². The molecule has 1 aliphatic rings. The molecule has 0 aliphatic carbocycles. The van der Waals surface area contributed by atoms with Crippen LogP contribution in [0.15, 0.2) is 67.0 Å². The number of amides is 2. The average molecular weight is 418 g/mol. The Kier molecular flexibility index (Phi) is 5.49. The molecule has 3 N–H and O–H groups in total.